The first kappa shape index (κ1) is 16.6. The van der Waals surface area contributed by atoms with Crippen molar-refractivity contribution in [2.24, 2.45) is 16.7 Å². The zero-order chi connectivity index (χ0) is 14.4. The lowest BCUT2D eigenvalue weighted by Gasteiger charge is -2.37. The van der Waals surface area contributed by atoms with Gasteiger partial charge in [-0.1, -0.05) is 20.8 Å². The summed E-state index contributed by atoms with van der Waals surface area (Å²) >= 11 is 0. The average Bonchev–Trinajstić information content (AvgIpc) is 2.78. The van der Waals surface area contributed by atoms with E-state index in [1.54, 1.807) is 7.11 Å². The highest BCUT2D eigenvalue weighted by atomic mass is 35.5. The first-order chi connectivity index (χ1) is 9.47. The van der Waals surface area contributed by atoms with Crippen LogP contribution in [-0.2, 0) is 6.54 Å². The van der Waals surface area contributed by atoms with Gasteiger partial charge in [-0.3, -0.25) is 0 Å². The Bertz CT molecular complexity index is 484. The van der Waals surface area contributed by atoms with E-state index in [2.05, 4.69) is 50.4 Å². The summed E-state index contributed by atoms with van der Waals surface area (Å²) in [4.78, 5) is 0. The molecule has 2 N–H and O–H groups in total. The molecule has 3 unspecified atom stereocenters. The Hall–Kier alpha value is -0.730. The number of halogens is 1. The highest BCUT2D eigenvalue weighted by molar-refractivity contribution is 5.26. The van der Waals surface area contributed by atoms with Crippen LogP contribution in [0.2, 0.25) is 0 Å². The van der Waals surface area contributed by atoms with E-state index in [4.69, 9.17) is 4.74 Å². The minimum atomic E-state index is 0. The lowest BCUT2D eigenvalue weighted by molar-refractivity contribution is -0.717. The van der Waals surface area contributed by atoms with Gasteiger partial charge in [0.2, 0.25) is 0 Å². The molecule has 0 aliphatic heterocycles. The fourth-order valence-electron chi connectivity index (χ4n) is 4.66. The normalized spacial score (nSPS) is 32.8. The van der Waals surface area contributed by atoms with Crippen LogP contribution in [0.5, 0.6) is 5.75 Å². The second kappa shape index (κ2) is 5.81. The van der Waals surface area contributed by atoms with Gasteiger partial charge in [0.05, 0.1) is 13.2 Å². The van der Waals surface area contributed by atoms with Crippen molar-refractivity contribution in [3.05, 3.63) is 29.8 Å². The van der Waals surface area contributed by atoms with Crippen molar-refractivity contribution in [1.29, 1.82) is 0 Å². The number of ether oxygens (including phenoxy) is 1. The molecule has 0 aromatic heterocycles. The third-order valence-corrected chi connectivity index (χ3v) is 6.66. The van der Waals surface area contributed by atoms with E-state index in [9.17, 15) is 0 Å². The Kier molecular flexibility index (Phi) is 4.60. The molecule has 0 amide bonds. The van der Waals surface area contributed by atoms with Crippen LogP contribution in [-0.4, -0.2) is 13.2 Å². The topological polar surface area (TPSA) is 25.8 Å². The molecule has 2 aliphatic rings. The fourth-order valence-corrected chi connectivity index (χ4v) is 4.66. The first-order valence-electron chi connectivity index (χ1n) is 7.93. The molecule has 1 aromatic rings. The van der Waals surface area contributed by atoms with E-state index in [-0.39, 0.29) is 12.4 Å². The highest BCUT2D eigenvalue weighted by Crippen LogP contribution is 2.64. The zero-order valence-corrected chi connectivity index (χ0v) is 14.4. The second-order valence-corrected chi connectivity index (χ2v) is 7.50. The van der Waals surface area contributed by atoms with E-state index in [0.717, 1.165) is 24.3 Å². The van der Waals surface area contributed by atoms with Gasteiger partial charge in [-0.15, -0.1) is 0 Å². The molecule has 2 fully saturated rings. The molecule has 0 saturated heterocycles. The van der Waals surface area contributed by atoms with Crippen molar-refractivity contribution in [2.45, 2.75) is 52.6 Å². The Balaban J connectivity index is 0.00000161. The van der Waals surface area contributed by atoms with Gasteiger partial charge in [-0.05, 0) is 48.4 Å². The summed E-state index contributed by atoms with van der Waals surface area (Å²) < 4.78 is 5.22. The number of methoxy groups -OCH3 is 1. The van der Waals surface area contributed by atoms with Gasteiger partial charge < -0.3 is 22.5 Å². The Morgan fingerprint density at radius 1 is 1.19 bits per heavy atom. The number of fused-ring (bicyclic) bond motifs is 2. The van der Waals surface area contributed by atoms with E-state index >= 15 is 0 Å². The number of quaternary nitrogens is 1. The van der Waals surface area contributed by atoms with Crippen molar-refractivity contribution in [2.75, 3.05) is 7.11 Å². The van der Waals surface area contributed by atoms with Gasteiger partial charge >= 0.3 is 0 Å². The smallest absolute Gasteiger partial charge is 0.118 e. The predicted molar refractivity (Wildman–Crippen MR) is 81.6 cm³/mol. The van der Waals surface area contributed by atoms with Crippen LogP contribution in [0, 0.1) is 16.7 Å². The molecular formula is C18H28ClNO. The van der Waals surface area contributed by atoms with E-state index in [1.807, 2.05) is 0 Å². The van der Waals surface area contributed by atoms with Gasteiger partial charge in [0.15, 0.2) is 0 Å². The predicted octanol–water partition coefficient (Wildman–Crippen LogP) is -0.0226. The van der Waals surface area contributed by atoms with Crippen molar-refractivity contribution < 1.29 is 22.5 Å². The number of hydrogen-bond acceptors (Lipinski definition) is 1. The van der Waals surface area contributed by atoms with Crippen LogP contribution in [0.25, 0.3) is 0 Å². The summed E-state index contributed by atoms with van der Waals surface area (Å²) in [5.41, 5.74) is 2.44. The molecular weight excluding hydrogens is 282 g/mol. The minimum absolute atomic E-state index is 0. The summed E-state index contributed by atoms with van der Waals surface area (Å²) in [6, 6.07) is 9.30. The van der Waals surface area contributed by atoms with Crippen LogP contribution >= 0.6 is 0 Å². The molecule has 3 heteroatoms. The van der Waals surface area contributed by atoms with Gasteiger partial charge in [-0.25, -0.2) is 0 Å². The van der Waals surface area contributed by atoms with Gasteiger partial charge in [0.1, 0.15) is 12.3 Å². The van der Waals surface area contributed by atoms with Crippen LogP contribution in [0.3, 0.4) is 0 Å². The SMILES string of the molecule is COc1ccc(C[NH2+]C2CC3CCC2(C)C3(C)C)cc1.[Cl-]. The van der Waals surface area contributed by atoms with E-state index in [0.29, 0.717) is 10.8 Å². The second-order valence-electron chi connectivity index (χ2n) is 7.50. The van der Waals surface area contributed by atoms with Crippen molar-refractivity contribution in [3.63, 3.8) is 0 Å². The molecule has 2 bridgehead atoms. The Labute approximate surface area is 135 Å². The van der Waals surface area contributed by atoms with Crippen LogP contribution in [0.1, 0.15) is 45.6 Å². The maximum atomic E-state index is 5.22. The number of hydrogen-bond donors (Lipinski definition) is 1. The summed E-state index contributed by atoms with van der Waals surface area (Å²) in [5.74, 6) is 1.88. The molecule has 0 heterocycles. The molecule has 3 atom stereocenters. The summed E-state index contributed by atoms with van der Waals surface area (Å²) in [6.07, 6.45) is 4.25. The van der Waals surface area contributed by atoms with E-state index in [1.165, 1.54) is 24.8 Å². The molecule has 3 rings (SSSR count). The van der Waals surface area contributed by atoms with Crippen molar-refractivity contribution in [3.8, 4) is 5.75 Å². The van der Waals surface area contributed by atoms with Crippen molar-refractivity contribution >= 4 is 0 Å². The summed E-state index contributed by atoms with van der Waals surface area (Å²) in [6.45, 7) is 8.60. The zero-order valence-electron chi connectivity index (χ0n) is 13.7. The Morgan fingerprint density at radius 3 is 2.33 bits per heavy atom. The summed E-state index contributed by atoms with van der Waals surface area (Å²) in [5, 5.41) is 2.59. The molecule has 21 heavy (non-hydrogen) atoms. The molecule has 0 radical (unpaired) electrons. The number of benzene rings is 1. The molecule has 118 valence electrons. The Morgan fingerprint density at radius 2 is 1.86 bits per heavy atom. The van der Waals surface area contributed by atoms with Crippen molar-refractivity contribution in [1.82, 2.24) is 0 Å². The molecule has 2 nitrogen and oxygen atoms in total. The maximum Gasteiger partial charge on any atom is 0.118 e. The standard InChI is InChI=1S/C18H27NO.ClH/c1-17(2)14-9-10-18(17,3)16(11-14)19-12-13-5-7-15(20-4)8-6-13;/h5-8,14,16,19H,9-12H2,1-4H3;1H. The third kappa shape index (κ3) is 2.57. The monoisotopic (exact) mass is 309 g/mol. The average molecular weight is 310 g/mol. The number of nitrogens with two attached hydrogens (primary N) is 1. The maximum absolute atomic E-state index is 5.22. The van der Waals surface area contributed by atoms with Gasteiger partial charge in [0, 0.05) is 17.4 Å². The molecule has 2 saturated carbocycles. The third-order valence-electron chi connectivity index (χ3n) is 6.66. The minimum Gasteiger partial charge on any atom is -1.00 e. The van der Waals surface area contributed by atoms with Crippen LogP contribution < -0.4 is 22.5 Å². The largest absolute Gasteiger partial charge is 1.00 e. The first-order valence-corrected chi connectivity index (χ1v) is 7.93. The fraction of sp³-hybridized carbons (Fsp3) is 0.667. The lowest BCUT2D eigenvalue weighted by Crippen LogP contribution is -3.00. The molecule has 2 aliphatic carbocycles. The lowest BCUT2D eigenvalue weighted by atomic mass is 9.69. The van der Waals surface area contributed by atoms with Crippen LogP contribution in [0.4, 0.5) is 0 Å². The summed E-state index contributed by atoms with van der Waals surface area (Å²) in [7, 11) is 1.72. The highest BCUT2D eigenvalue weighted by Gasteiger charge is 2.63. The number of rotatable bonds is 4. The van der Waals surface area contributed by atoms with Crippen LogP contribution in [0.15, 0.2) is 24.3 Å². The van der Waals surface area contributed by atoms with E-state index < -0.39 is 0 Å². The van der Waals surface area contributed by atoms with Gasteiger partial charge in [-0.2, -0.15) is 0 Å². The quantitative estimate of drug-likeness (QED) is 0.831. The molecule has 0 spiro atoms. The van der Waals surface area contributed by atoms with Gasteiger partial charge in [0.25, 0.3) is 0 Å². The molecule has 1 aromatic carbocycles.